The first-order chi connectivity index (χ1) is 12.4. The van der Waals surface area contributed by atoms with Gasteiger partial charge in [0.05, 0.1) is 13.2 Å². The van der Waals surface area contributed by atoms with E-state index in [0.717, 1.165) is 95.9 Å². The van der Waals surface area contributed by atoms with E-state index in [1.54, 1.807) is 0 Å². The summed E-state index contributed by atoms with van der Waals surface area (Å²) in [4.78, 5) is 12.2. The summed E-state index contributed by atoms with van der Waals surface area (Å²) in [6, 6.07) is 4.29. The smallest absolute Gasteiger partial charge is 0.219 e. The number of fused-ring (bicyclic) bond motifs is 1. The lowest BCUT2D eigenvalue weighted by molar-refractivity contribution is 0.0331. The van der Waals surface area contributed by atoms with E-state index in [0.29, 0.717) is 6.61 Å². The van der Waals surface area contributed by atoms with Crippen molar-refractivity contribution in [1.82, 2.24) is 20.1 Å². The molecule has 0 saturated carbocycles. The third-order valence-electron chi connectivity index (χ3n) is 5.29. The Morgan fingerprint density at radius 2 is 1.68 bits per heavy atom. The number of nitrogens with one attached hydrogen (secondary N) is 1. The molecule has 4 heterocycles. The van der Waals surface area contributed by atoms with E-state index in [2.05, 4.69) is 32.1 Å². The number of aromatic nitrogens is 1. The molecule has 2 saturated heterocycles. The second-order valence-electron chi connectivity index (χ2n) is 6.94. The van der Waals surface area contributed by atoms with Gasteiger partial charge in [0.1, 0.15) is 12.4 Å². The van der Waals surface area contributed by atoms with Gasteiger partial charge in [-0.05, 0) is 12.1 Å². The van der Waals surface area contributed by atoms with E-state index in [1.165, 1.54) is 0 Å². The molecule has 7 nitrogen and oxygen atoms in total. The fourth-order valence-corrected chi connectivity index (χ4v) is 3.65. The van der Waals surface area contributed by atoms with Gasteiger partial charge >= 0.3 is 0 Å². The van der Waals surface area contributed by atoms with Gasteiger partial charge < -0.3 is 19.7 Å². The quantitative estimate of drug-likeness (QED) is 0.824. The molecule has 25 heavy (non-hydrogen) atoms. The summed E-state index contributed by atoms with van der Waals surface area (Å²) in [5.41, 5.74) is 1.16. The Balaban J connectivity index is 1.27. The molecule has 0 aromatic carbocycles. The summed E-state index contributed by atoms with van der Waals surface area (Å²) in [5, 5.41) is 3.35. The summed E-state index contributed by atoms with van der Waals surface area (Å²) >= 11 is 0. The summed E-state index contributed by atoms with van der Waals surface area (Å²) in [6.45, 7) is 12.9. The number of hydrogen-bond acceptors (Lipinski definition) is 7. The maximum Gasteiger partial charge on any atom is 0.219 e. The fourth-order valence-electron chi connectivity index (χ4n) is 3.65. The molecule has 0 amide bonds. The highest BCUT2D eigenvalue weighted by Gasteiger charge is 2.20. The first-order valence-electron chi connectivity index (χ1n) is 9.49. The van der Waals surface area contributed by atoms with Crippen LogP contribution in [0.4, 0.5) is 5.82 Å². The van der Waals surface area contributed by atoms with Gasteiger partial charge in [-0.3, -0.25) is 9.80 Å². The average Bonchev–Trinajstić information content (AvgIpc) is 2.92. The Morgan fingerprint density at radius 1 is 0.920 bits per heavy atom. The SMILES string of the molecule is c1cc2c(nc1N1CCN(CCN3CCOCC3)CC1)OCCNC2. The maximum atomic E-state index is 5.78. The molecule has 0 atom stereocenters. The van der Waals surface area contributed by atoms with Crippen molar-refractivity contribution in [2.24, 2.45) is 0 Å². The van der Waals surface area contributed by atoms with E-state index in [9.17, 15) is 0 Å². The Morgan fingerprint density at radius 3 is 2.48 bits per heavy atom. The molecule has 0 radical (unpaired) electrons. The Hall–Kier alpha value is -1.41. The lowest BCUT2D eigenvalue weighted by Crippen LogP contribution is -2.49. The minimum absolute atomic E-state index is 0.693. The number of pyridine rings is 1. The molecule has 0 unspecified atom stereocenters. The number of piperazine rings is 1. The van der Waals surface area contributed by atoms with E-state index >= 15 is 0 Å². The van der Waals surface area contributed by atoms with Crippen LogP contribution in [0.5, 0.6) is 5.88 Å². The topological polar surface area (TPSA) is 53.1 Å². The van der Waals surface area contributed by atoms with Crippen LogP contribution in [-0.2, 0) is 11.3 Å². The third-order valence-corrected chi connectivity index (χ3v) is 5.29. The average molecular weight is 347 g/mol. The van der Waals surface area contributed by atoms with Crippen LogP contribution in [0.15, 0.2) is 12.1 Å². The van der Waals surface area contributed by atoms with Crippen molar-refractivity contribution in [3.63, 3.8) is 0 Å². The van der Waals surface area contributed by atoms with Crippen molar-refractivity contribution in [2.45, 2.75) is 6.54 Å². The Bertz CT molecular complexity index is 556. The molecule has 1 aromatic rings. The van der Waals surface area contributed by atoms with Crippen molar-refractivity contribution in [1.29, 1.82) is 0 Å². The van der Waals surface area contributed by atoms with Crippen LogP contribution in [0, 0.1) is 0 Å². The molecule has 0 spiro atoms. The molecular weight excluding hydrogens is 318 g/mol. The predicted molar refractivity (Wildman–Crippen MR) is 97.4 cm³/mol. The molecule has 7 heteroatoms. The second kappa shape index (κ2) is 8.31. The zero-order valence-corrected chi connectivity index (χ0v) is 15.0. The van der Waals surface area contributed by atoms with Crippen molar-refractivity contribution < 1.29 is 9.47 Å². The van der Waals surface area contributed by atoms with E-state index in [-0.39, 0.29) is 0 Å². The van der Waals surface area contributed by atoms with Gasteiger partial charge in [0.25, 0.3) is 0 Å². The Labute approximate surface area is 149 Å². The van der Waals surface area contributed by atoms with Crippen LogP contribution >= 0.6 is 0 Å². The Kier molecular flexibility index (Phi) is 5.66. The minimum atomic E-state index is 0.693. The van der Waals surface area contributed by atoms with Crippen molar-refractivity contribution in [3.05, 3.63) is 17.7 Å². The van der Waals surface area contributed by atoms with Gasteiger partial charge in [-0.2, -0.15) is 4.98 Å². The number of rotatable bonds is 4. The molecule has 3 aliphatic heterocycles. The standard InChI is InChI=1S/C18H29N5O2/c1-2-17(20-18-16(1)15-19-3-12-25-18)23-8-6-21(7-9-23)4-5-22-10-13-24-14-11-22/h1-2,19H,3-15H2. The number of anilines is 1. The monoisotopic (exact) mass is 347 g/mol. The van der Waals surface area contributed by atoms with Gasteiger partial charge in [0.15, 0.2) is 0 Å². The van der Waals surface area contributed by atoms with Gasteiger partial charge in [-0.1, -0.05) is 0 Å². The summed E-state index contributed by atoms with van der Waals surface area (Å²) in [7, 11) is 0. The van der Waals surface area contributed by atoms with Crippen molar-refractivity contribution in [2.75, 3.05) is 83.6 Å². The molecule has 3 aliphatic rings. The van der Waals surface area contributed by atoms with Crippen LogP contribution in [-0.4, -0.2) is 93.5 Å². The summed E-state index contributed by atoms with van der Waals surface area (Å²) in [6.07, 6.45) is 0. The molecule has 138 valence electrons. The highest BCUT2D eigenvalue weighted by Crippen LogP contribution is 2.23. The van der Waals surface area contributed by atoms with Gasteiger partial charge in [0, 0.05) is 71.0 Å². The van der Waals surface area contributed by atoms with Crippen LogP contribution in [0.25, 0.3) is 0 Å². The molecule has 1 N–H and O–H groups in total. The first kappa shape index (κ1) is 17.0. The van der Waals surface area contributed by atoms with E-state index in [4.69, 9.17) is 14.5 Å². The van der Waals surface area contributed by atoms with Crippen LogP contribution in [0.1, 0.15) is 5.56 Å². The lowest BCUT2D eigenvalue weighted by Gasteiger charge is -2.37. The van der Waals surface area contributed by atoms with Gasteiger partial charge in [0.2, 0.25) is 5.88 Å². The number of hydrogen-bond donors (Lipinski definition) is 1. The molecule has 0 aliphatic carbocycles. The molecule has 4 rings (SSSR count). The van der Waals surface area contributed by atoms with Crippen LogP contribution in [0.3, 0.4) is 0 Å². The van der Waals surface area contributed by atoms with Gasteiger partial charge in [-0.15, -0.1) is 0 Å². The molecule has 2 fully saturated rings. The number of nitrogens with zero attached hydrogens (tertiary/aromatic N) is 4. The predicted octanol–water partition coefficient (Wildman–Crippen LogP) is 0.0178. The zero-order valence-electron chi connectivity index (χ0n) is 15.0. The first-order valence-corrected chi connectivity index (χ1v) is 9.49. The van der Waals surface area contributed by atoms with E-state index in [1.807, 2.05) is 0 Å². The third kappa shape index (κ3) is 4.41. The summed E-state index contributed by atoms with van der Waals surface area (Å²) in [5.74, 6) is 1.85. The van der Waals surface area contributed by atoms with Crippen molar-refractivity contribution in [3.8, 4) is 5.88 Å². The fraction of sp³-hybridized carbons (Fsp3) is 0.722. The van der Waals surface area contributed by atoms with Crippen LogP contribution < -0.4 is 15.0 Å². The highest BCUT2D eigenvalue weighted by molar-refractivity contribution is 5.44. The molecule has 1 aromatic heterocycles. The minimum Gasteiger partial charge on any atom is -0.476 e. The second-order valence-corrected chi connectivity index (χ2v) is 6.94. The summed E-state index contributed by atoms with van der Waals surface area (Å²) < 4.78 is 11.2. The highest BCUT2D eigenvalue weighted by atomic mass is 16.5. The number of ether oxygens (including phenoxy) is 2. The zero-order chi connectivity index (χ0) is 16.9. The normalized spacial score (nSPS) is 23.0. The van der Waals surface area contributed by atoms with Crippen molar-refractivity contribution >= 4 is 5.82 Å². The largest absolute Gasteiger partial charge is 0.476 e. The maximum absolute atomic E-state index is 5.78. The van der Waals surface area contributed by atoms with E-state index < -0.39 is 0 Å². The number of morpholine rings is 1. The molecule has 0 bridgehead atoms. The van der Waals surface area contributed by atoms with Gasteiger partial charge in [-0.25, -0.2) is 0 Å². The molecular formula is C18H29N5O2. The van der Waals surface area contributed by atoms with Crippen LogP contribution in [0.2, 0.25) is 0 Å². The lowest BCUT2D eigenvalue weighted by atomic mass is 10.2.